The Morgan fingerprint density at radius 1 is 1.25 bits per heavy atom. The van der Waals surface area contributed by atoms with Crippen LogP contribution < -0.4 is 14.8 Å². The molecule has 1 aromatic carbocycles. The van der Waals surface area contributed by atoms with Gasteiger partial charge >= 0.3 is 0 Å². The second-order valence-corrected chi connectivity index (χ2v) is 7.94. The van der Waals surface area contributed by atoms with Crippen molar-refractivity contribution >= 4 is 22.2 Å². The summed E-state index contributed by atoms with van der Waals surface area (Å²) in [5, 5.41) is 14.4. The number of nitrogens with zero attached hydrogens (tertiary/aromatic N) is 2. The summed E-state index contributed by atoms with van der Waals surface area (Å²) in [6.07, 6.45) is 3.49. The lowest BCUT2D eigenvalue weighted by Gasteiger charge is -2.25. The number of likely N-dealkylation sites (tertiary alicyclic amines) is 1. The van der Waals surface area contributed by atoms with Gasteiger partial charge in [0.15, 0.2) is 11.5 Å². The van der Waals surface area contributed by atoms with Crippen LogP contribution in [0.1, 0.15) is 42.9 Å². The van der Waals surface area contributed by atoms with Crippen molar-refractivity contribution < 1.29 is 14.3 Å². The van der Waals surface area contributed by atoms with Gasteiger partial charge in [0.2, 0.25) is 5.91 Å². The number of nitriles is 1. The zero-order chi connectivity index (χ0) is 19.3. The minimum atomic E-state index is -0.0525. The molecule has 28 heavy (non-hydrogen) atoms. The van der Waals surface area contributed by atoms with Crippen molar-refractivity contribution in [3.05, 3.63) is 40.8 Å². The molecule has 1 aromatic heterocycles. The molecule has 2 aliphatic rings. The summed E-state index contributed by atoms with van der Waals surface area (Å²) < 4.78 is 11.6. The number of benzene rings is 1. The SMILES string of the molecule is N#Cc1ccsc1NC(=O)CCN1CCCC1c1ccc2c(c1)OCCCO2. The smallest absolute Gasteiger partial charge is 0.226 e. The van der Waals surface area contributed by atoms with E-state index < -0.39 is 0 Å². The predicted molar refractivity (Wildman–Crippen MR) is 108 cm³/mol. The van der Waals surface area contributed by atoms with Gasteiger partial charge in [0, 0.05) is 25.4 Å². The maximum absolute atomic E-state index is 12.3. The molecule has 1 atom stereocenters. The highest BCUT2D eigenvalue weighted by Gasteiger charge is 2.27. The van der Waals surface area contributed by atoms with Crippen LogP contribution in [0.15, 0.2) is 29.6 Å². The molecule has 0 aliphatic carbocycles. The minimum absolute atomic E-state index is 0.0525. The van der Waals surface area contributed by atoms with Crippen molar-refractivity contribution in [2.45, 2.75) is 31.7 Å². The summed E-state index contributed by atoms with van der Waals surface area (Å²) >= 11 is 1.38. The third-order valence-electron chi connectivity index (χ3n) is 5.18. The molecule has 0 spiro atoms. The van der Waals surface area contributed by atoms with E-state index in [-0.39, 0.29) is 5.91 Å². The van der Waals surface area contributed by atoms with Gasteiger partial charge in [0.1, 0.15) is 11.1 Å². The highest BCUT2D eigenvalue weighted by Crippen LogP contribution is 2.37. The van der Waals surface area contributed by atoms with Crippen molar-refractivity contribution in [1.29, 1.82) is 5.26 Å². The number of hydrogen-bond donors (Lipinski definition) is 1. The van der Waals surface area contributed by atoms with Gasteiger partial charge in [0.25, 0.3) is 0 Å². The van der Waals surface area contributed by atoms with E-state index in [2.05, 4.69) is 28.4 Å². The Morgan fingerprint density at radius 3 is 2.96 bits per heavy atom. The number of ether oxygens (including phenoxy) is 2. The van der Waals surface area contributed by atoms with Crippen LogP contribution in [0.2, 0.25) is 0 Å². The standard InChI is InChI=1S/C21H23N3O3S/c22-14-16-7-12-28-21(16)23-20(25)6-9-24-8-1-3-17(24)15-4-5-18-19(13-15)27-11-2-10-26-18/h4-5,7,12-13,17H,1-3,6,8-11H2,(H,23,25). The Kier molecular flexibility index (Phi) is 5.79. The van der Waals surface area contributed by atoms with Crippen molar-refractivity contribution in [2.24, 2.45) is 0 Å². The summed E-state index contributed by atoms with van der Waals surface area (Å²) in [6.45, 7) is 3.04. The van der Waals surface area contributed by atoms with Crippen LogP contribution in [0.3, 0.4) is 0 Å². The van der Waals surface area contributed by atoms with Crippen LogP contribution in [0.5, 0.6) is 11.5 Å². The quantitative estimate of drug-likeness (QED) is 0.827. The zero-order valence-electron chi connectivity index (χ0n) is 15.6. The van der Waals surface area contributed by atoms with Crippen LogP contribution in [0.25, 0.3) is 0 Å². The number of carbonyl (C=O) groups excluding carboxylic acids is 1. The first-order valence-electron chi connectivity index (χ1n) is 9.65. The lowest BCUT2D eigenvalue weighted by Crippen LogP contribution is -2.27. The van der Waals surface area contributed by atoms with Gasteiger partial charge in [-0.3, -0.25) is 9.69 Å². The maximum atomic E-state index is 12.3. The van der Waals surface area contributed by atoms with Crippen LogP contribution in [-0.2, 0) is 4.79 Å². The van der Waals surface area contributed by atoms with Gasteiger partial charge in [-0.1, -0.05) is 6.07 Å². The summed E-state index contributed by atoms with van der Waals surface area (Å²) in [7, 11) is 0. The van der Waals surface area contributed by atoms with E-state index in [0.717, 1.165) is 37.3 Å². The monoisotopic (exact) mass is 397 g/mol. The molecule has 3 heterocycles. The summed E-state index contributed by atoms with van der Waals surface area (Å²) in [5.41, 5.74) is 1.73. The summed E-state index contributed by atoms with van der Waals surface area (Å²) in [4.78, 5) is 14.7. The number of amides is 1. The lowest BCUT2D eigenvalue weighted by molar-refractivity contribution is -0.116. The fraction of sp³-hybridized carbons (Fsp3) is 0.429. The first-order valence-corrected chi connectivity index (χ1v) is 10.5. The first kappa shape index (κ1) is 18.8. The van der Waals surface area contributed by atoms with Gasteiger partial charge in [-0.25, -0.2) is 0 Å². The molecule has 1 fully saturated rings. The predicted octanol–water partition coefficient (Wildman–Crippen LogP) is 3.95. The van der Waals surface area contributed by atoms with E-state index >= 15 is 0 Å². The number of fused-ring (bicyclic) bond motifs is 1. The van der Waals surface area contributed by atoms with Gasteiger partial charge in [-0.05, 0) is 48.5 Å². The van der Waals surface area contributed by atoms with Crippen LogP contribution >= 0.6 is 11.3 Å². The van der Waals surface area contributed by atoms with Crippen molar-refractivity contribution in [3.8, 4) is 17.6 Å². The molecule has 146 valence electrons. The highest BCUT2D eigenvalue weighted by molar-refractivity contribution is 7.14. The van der Waals surface area contributed by atoms with Crippen molar-refractivity contribution in [3.63, 3.8) is 0 Å². The third kappa shape index (κ3) is 4.13. The molecule has 6 nitrogen and oxygen atoms in total. The molecule has 1 amide bonds. The number of nitrogens with one attached hydrogen (secondary N) is 1. The van der Waals surface area contributed by atoms with E-state index in [1.807, 2.05) is 11.4 Å². The second-order valence-electron chi connectivity index (χ2n) is 7.02. The average Bonchev–Trinajstić information content (AvgIpc) is 3.29. The van der Waals surface area contributed by atoms with Gasteiger partial charge < -0.3 is 14.8 Å². The molecule has 0 bridgehead atoms. The number of rotatable bonds is 5. The molecule has 0 radical (unpaired) electrons. The molecule has 2 aromatic rings. The highest BCUT2D eigenvalue weighted by atomic mass is 32.1. The molecule has 2 aliphatic heterocycles. The molecular weight excluding hydrogens is 374 g/mol. The van der Waals surface area contributed by atoms with Crippen molar-refractivity contribution in [1.82, 2.24) is 4.90 Å². The van der Waals surface area contributed by atoms with Crippen LogP contribution in [0, 0.1) is 11.3 Å². The molecule has 1 unspecified atom stereocenters. The topological polar surface area (TPSA) is 74.6 Å². The molecule has 7 heteroatoms. The van der Waals surface area contributed by atoms with E-state index in [0.29, 0.717) is 42.8 Å². The molecule has 4 rings (SSSR count). The fourth-order valence-electron chi connectivity index (χ4n) is 3.79. The van der Waals surface area contributed by atoms with E-state index in [1.165, 1.54) is 16.9 Å². The lowest BCUT2D eigenvalue weighted by atomic mass is 10.0. The van der Waals surface area contributed by atoms with Gasteiger partial charge in [0.05, 0.1) is 18.8 Å². The summed E-state index contributed by atoms with van der Waals surface area (Å²) in [5.74, 6) is 1.58. The number of thiophene rings is 1. The van der Waals surface area contributed by atoms with Crippen LogP contribution in [0.4, 0.5) is 5.00 Å². The minimum Gasteiger partial charge on any atom is -0.490 e. The Morgan fingerprint density at radius 2 is 2.11 bits per heavy atom. The van der Waals surface area contributed by atoms with Gasteiger partial charge in [-0.15, -0.1) is 11.3 Å². The van der Waals surface area contributed by atoms with E-state index in [1.54, 1.807) is 6.07 Å². The molecular formula is C21H23N3O3S. The van der Waals surface area contributed by atoms with E-state index in [9.17, 15) is 4.79 Å². The van der Waals surface area contributed by atoms with Crippen molar-refractivity contribution in [2.75, 3.05) is 31.6 Å². The Balaban J connectivity index is 1.38. The third-order valence-corrected chi connectivity index (χ3v) is 6.01. The van der Waals surface area contributed by atoms with Crippen LogP contribution in [-0.4, -0.2) is 37.1 Å². The number of anilines is 1. The largest absolute Gasteiger partial charge is 0.490 e. The van der Waals surface area contributed by atoms with E-state index in [4.69, 9.17) is 14.7 Å². The Bertz CT molecular complexity index is 889. The normalized spacial score (nSPS) is 19.0. The van der Waals surface area contributed by atoms with Gasteiger partial charge in [-0.2, -0.15) is 5.26 Å². The second kappa shape index (κ2) is 8.63. The number of hydrogen-bond acceptors (Lipinski definition) is 6. The molecule has 0 saturated carbocycles. The zero-order valence-corrected chi connectivity index (χ0v) is 16.5. The summed E-state index contributed by atoms with van der Waals surface area (Å²) in [6, 6.07) is 10.3. The molecule has 1 saturated heterocycles. The molecule has 1 N–H and O–H groups in total. The Hall–Kier alpha value is -2.56. The number of carbonyl (C=O) groups is 1. The first-order chi connectivity index (χ1) is 13.7. The average molecular weight is 398 g/mol. The maximum Gasteiger partial charge on any atom is 0.226 e. The fourth-order valence-corrected chi connectivity index (χ4v) is 4.54. The Labute approximate surface area is 168 Å².